The Morgan fingerprint density at radius 1 is 0.933 bits per heavy atom. The summed E-state index contributed by atoms with van der Waals surface area (Å²) in [7, 11) is 0. The molecule has 2 atom stereocenters. The van der Waals surface area contributed by atoms with E-state index in [9.17, 15) is 15.0 Å². The van der Waals surface area contributed by atoms with Gasteiger partial charge in [0, 0.05) is 12.6 Å². The highest BCUT2D eigenvalue weighted by atomic mass is 16.5. The molecule has 0 aliphatic carbocycles. The highest BCUT2D eigenvalue weighted by molar-refractivity contribution is 5.88. The quantitative estimate of drug-likeness (QED) is 0.402. The number of carboxylic acids is 1. The fourth-order valence-electron chi connectivity index (χ4n) is 3.08. The van der Waals surface area contributed by atoms with Crippen LogP contribution in [0.25, 0.3) is 11.1 Å². The van der Waals surface area contributed by atoms with E-state index in [-0.39, 0.29) is 17.4 Å². The predicted molar refractivity (Wildman–Crippen MR) is 115 cm³/mol. The summed E-state index contributed by atoms with van der Waals surface area (Å²) in [5, 5.41) is 31.9. The Hall–Kier alpha value is -3.35. The van der Waals surface area contributed by atoms with E-state index in [2.05, 4.69) is 5.32 Å². The highest BCUT2D eigenvalue weighted by Crippen LogP contribution is 2.23. The van der Waals surface area contributed by atoms with Gasteiger partial charge in [0.15, 0.2) is 0 Å². The van der Waals surface area contributed by atoms with Gasteiger partial charge in [0.25, 0.3) is 0 Å². The number of hydrogen-bond donors (Lipinski definition) is 4. The Kier molecular flexibility index (Phi) is 7.06. The van der Waals surface area contributed by atoms with E-state index in [4.69, 9.17) is 9.84 Å². The van der Waals surface area contributed by atoms with Crippen LogP contribution in [0.3, 0.4) is 0 Å². The van der Waals surface area contributed by atoms with Crippen LogP contribution in [0.15, 0.2) is 72.8 Å². The van der Waals surface area contributed by atoms with Crippen molar-refractivity contribution >= 4 is 5.97 Å². The molecule has 0 aliphatic heterocycles. The number of phenolic OH excluding ortho intramolecular Hbond substituents is 1. The van der Waals surface area contributed by atoms with Gasteiger partial charge in [-0.2, -0.15) is 0 Å². The molecule has 30 heavy (non-hydrogen) atoms. The molecule has 4 N–H and O–H groups in total. The van der Waals surface area contributed by atoms with Gasteiger partial charge >= 0.3 is 5.97 Å². The van der Waals surface area contributed by atoms with Gasteiger partial charge in [0.05, 0.1) is 11.7 Å². The van der Waals surface area contributed by atoms with Crippen LogP contribution in [0.4, 0.5) is 0 Å². The number of ether oxygens (including phenoxy) is 1. The van der Waals surface area contributed by atoms with Crippen LogP contribution < -0.4 is 10.1 Å². The van der Waals surface area contributed by atoms with Crippen LogP contribution in [0.1, 0.15) is 28.9 Å². The summed E-state index contributed by atoms with van der Waals surface area (Å²) in [6.07, 6.45) is -0.683. The predicted octanol–water partition coefficient (Wildman–Crippen LogP) is 3.85. The van der Waals surface area contributed by atoms with Gasteiger partial charge in [-0.1, -0.05) is 36.4 Å². The molecular formula is C24H25NO5. The Balaban J connectivity index is 1.46. The second-order valence-electron chi connectivity index (χ2n) is 7.03. The average molecular weight is 407 g/mol. The maximum absolute atomic E-state index is 10.9. The number of nitrogens with one attached hydrogen (secondary N) is 1. The van der Waals surface area contributed by atoms with Gasteiger partial charge in [-0.15, -0.1) is 0 Å². The first kappa shape index (κ1) is 21.4. The summed E-state index contributed by atoms with van der Waals surface area (Å²) >= 11 is 0. The molecular weight excluding hydrogens is 382 g/mol. The molecule has 3 aromatic carbocycles. The number of benzene rings is 3. The van der Waals surface area contributed by atoms with Crippen molar-refractivity contribution in [3.63, 3.8) is 0 Å². The van der Waals surface area contributed by atoms with Gasteiger partial charge < -0.3 is 25.4 Å². The van der Waals surface area contributed by atoms with Crippen LogP contribution in [0.5, 0.6) is 11.5 Å². The highest BCUT2D eigenvalue weighted by Gasteiger charge is 2.15. The van der Waals surface area contributed by atoms with E-state index >= 15 is 0 Å². The summed E-state index contributed by atoms with van der Waals surface area (Å²) in [5.74, 6) is -0.0403. The zero-order chi connectivity index (χ0) is 21.5. The molecule has 0 unspecified atom stereocenters. The molecule has 0 aliphatic rings. The summed E-state index contributed by atoms with van der Waals surface area (Å²) in [4.78, 5) is 10.9. The van der Waals surface area contributed by atoms with E-state index in [1.165, 1.54) is 0 Å². The zero-order valence-corrected chi connectivity index (χ0v) is 16.7. The van der Waals surface area contributed by atoms with Crippen LogP contribution >= 0.6 is 0 Å². The molecule has 0 saturated carbocycles. The lowest BCUT2D eigenvalue weighted by Gasteiger charge is -2.21. The molecule has 6 heteroatoms. The smallest absolute Gasteiger partial charge is 0.335 e. The monoisotopic (exact) mass is 407 g/mol. The molecule has 3 rings (SSSR count). The van der Waals surface area contributed by atoms with E-state index in [1.807, 2.05) is 31.2 Å². The number of hydrogen-bond acceptors (Lipinski definition) is 5. The third kappa shape index (κ3) is 5.59. The van der Waals surface area contributed by atoms with Crippen molar-refractivity contribution < 1.29 is 24.9 Å². The summed E-state index contributed by atoms with van der Waals surface area (Å²) in [5.41, 5.74) is 2.91. The number of aromatic hydroxyl groups is 1. The topological polar surface area (TPSA) is 99.0 Å². The van der Waals surface area contributed by atoms with Crippen molar-refractivity contribution in [1.29, 1.82) is 0 Å². The third-order valence-electron chi connectivity index (χ3n) is 4.86. The second kappa shape index (κ2) is 9.91. The Labute approximate surface area is 175 Å². The first-order valence-corrected chi connectivity index (χ1v) is 9.71. The molecule has 156 valence electrons. The van der Waals surface area contributed by atoms with Gasteiger partial charge in [-0.3, -0.25) is 0 Å². The van der Waals surface area contributed by atoms with Crippen molar-refractivity contribution in [2.24, 2.45) is 0 Å². The third-order valence-corrected chi connectivity index (χ3v) is 4.86. The van der Waals surface area contributed by atoms with E-state index in [0.29, 0.717) is 13.2 Å². The van der Waals surface area contributed by atoms with Crippen LogP contribution in [-0.4, -0.2) is 40.5 Å². The van der Waals surface area contributed by atoms with Gasteiger partial charge in [-0.05, 0) is 60.0 Å². The minimum absolute atomic E-state index is 0.170. The number of carboxylic acid groups (broad SMARTS) is 1. The molecule has 3 aromatic rings. The average Bonchev–Trinajstić information content (AvgIpc) is 2.77. The minimum Gasteiger partial charge on any atom is -0.508 e. The van der Waals surface area contributed by atoms with Gasteiger partial charge in [0.1, 0.15) is 18.1 Å². The fourth-order valence-corrected chi connectivity index (χ4v) is 3.08. The van der Waals surface area contributed by atoms with Crippen LogP contribution in [0, 0.1) is 0 Å². The molecule has 0 fully saturated rings. The molecule has 0 heterocycles. The van der Waals surface area contributed by atoms with Crippen molar-refractivity contribution in [2.45, 2.75) is 19.1 Å². The summed E-state index contributed by atoms with van der Waals surface area (Å²) < 4.78 is 5.74. The maximum atomic E-state index is 10.9. The molecule has 0 amide bonds. The second-order valence-corrected chi connectivity index (χ2v) is 7.03. The number of rotatable bonds is 9. The Morgan fingerprint density at radius 3 is 2.07 bits per heavy atom. The minimum atomic E-state index is -0.941. The maximum Gasteiger partial charge on any atom is 0.335 e. The molecule has 0 spiro atoms. The molecule has 0 bridgehead atoms. The molecule has 6 nitrogen and oxygen atoms in total. The van der Waals surface area contributed by atoms with E-state index in [0.717, 1.165) is 22.4 Å². The lowest BCUT2D eigenvalue weighted by atomic mass is 10.0. The van der Waals surface area contributed by atoms with Crippen molar-refractivity contribution in [2.75, 3.05) is 13.2 Å². The number of phenols is 1. The van der Waals surface area contributed by atoms with Crippen molar-refractivity contribution in [1.82, 2.24) is 5.32 Å². The zero-order valence-electron chi connectivity index (χ0n) is 16.7. The Bertz CT molecular complexity index is 952. The van der Waals surface area contributed by atoms with Crippen LogP contribution in [-0.2, 0) is 0 Å². The van der Waals surface area contributed by atoms with Crippen molar-refractivity contribution in [3.05, 3.63) is 83.9 Å². The normalized spacial score (nSPS) is 12.9. The number of aliphatic hydroxyl groups is 1. The lowest BCUT2D eigenvalue weighted by Crippen LogP contribution is -2.35. The largest absolute Gasteiger partial charge is 0.508 e. The van der Waals surface area contributed by atoms with Crippen LogP contribution in [0.2, 0.25) is 0 Å². The summed E-state index contributed by atoms with van der Waals surface area (Å²) in [6.45, 7) is 2.90. The number of carbonyl (C=O) groups is 1. The fraction of sp³-hybridized carbons (Fsp3) is 0.208. The summed E-state index contributed by atoms with van der Waals surface area (Å²) in [6, 6.07) is 20.7. The van der Waals surface area contributed by atoms with E-state index in [1.54, 1.807) is 48.5 Å². The molecule has 0 radical (unpaired) electrons. The number of aliphatic hydroxyl groups excluding tert-OH is 1. The first-order valence-electron chi connectivity index (χ1n) is 9.71. The molecule has 0 aromatic heterocycles. The van der Waals surface area contributed by atoms with E-state index < -0.39 is 12.1 Å². The van der Waals surface area contributed by atoms with Crippen molar-refractivity contribution in [3.8, 4) is 22.6 Å². The van der Waals surface area contributed by atoms with Gasteiger partial charge in [0.2, 0.25) is 0 Å². The SMILES string of the molecule is C[C@H](NCCOc1ccc(-c2ccc(C(=O)O)cc2)cc1)[C@H](O)c1ccc(O)cc1. The number of aromatic carboxylic acids is 1. The van der Waals surface area contributed by atoms with Gasteiger partial charge in [-0.25, -0.2) is 4.79 Å². The molecule has 0 saturated heterocycles. The standard InChI is InChI=1S/C24H25NO5/c1-16(23(27)19-6-10-21(26)11-7-19)25-14-15-30-22-12-8-18(9-13-22)17-2-4-20(5-3-17)24(28)29/h2-13,16,23,25-27H,14-15H2,1H3,(H,28,29)/t16-,23-/m0/s1. The first-order chi connectivity index (χ1) is 14.4. The lowest BCUT2D eigenvalue weighted by molar-refractivity contribution is 0.0697. The Morgan fingerprint density at radius 2 is 1.50 bits per heavy atom.